The van der Waals surface area contributed by atoms with E-state index in [0.717, 1.165) is 25.5 Å². The third-order valence-corrected chi connectivity index (χ3v) is 3.48. The van der Waals surface area contributed by atoms with E-state index in [2.05, 4.69) is 0 Å². The minimum atomic E-state index is 0. The molecule has 0 atom stereocenters. The van der Waals surface area contributed by atoms with E-state index in [1.54, 1.807) is 0 Å². The molecule has 0 aliphatic carbocycles. The fourth-order valence-electron chi connectivity index (χ4n) is 2.28. The van der Waals surface area contributed by atoms with Crippen LogP contribution in [0, 0.1) is 0 Å². The molecule has 1 N–H and O–H groups in total. The Labute approximate surface area is 134 Å². The Morgan fingerprint density at radius 3 is 1.21 bits per heavy atom. The Bertz CT molecular complexity index is 163. The van der Waals surface area contributed by atoms with Gasteiger partial charge in [0.2, 0.25) is 0 Å². The maximum absolute atomic E-state index is 10.1. The molecule has 0 amide bonds. The van der Waals surface area contributed by atoms with Gasteiger partial charge in [-0.05, 0) is 12.8 Å². The van der Waals surface area contributed by atoms with Crippen LogP contribution < -0.4 is 0 Å². The predicted octanol–water partition coefficient (Wildman–Crippen LogP) is 4.64. The van der Waals surface area contributed by atoms with Gasteiger partial charge in [0.1, 0.15) is 6.29 Å². The van der Waals surface area contributed by atoms with Crippen LogP contribution in [-0.4, -0.2) is 18.0 Å². The number of unbranched alkanes of at least 4 members (excludes halogenated alkanes) is 13. The van der Waals surface area contributed by atoms with Crippen molar-refractivity contribution in [2.45, 2.75) is 89.9 Å². The SMILES string of the molecule is O=CCCCCCCCCCCCCCCCO.[Pt]. The molecule has 0 saturated carbocycles. The second kappa shape index (κ2) is 20.6. The third-order valence-electron chi connectivity index (χ3n) is 3.48. The van der Waals surface area contributed by atoms with Crippen molar-refractivity contribution in [2.75, 3.05) is 6.61 Å². The summed E-state index contributed by atoms with van der Waals surface area (Å²) in [7, 11) is 0. The van der Waals surface area contributed by atoms with Crippen molar-refractivity contribution in [3.63, 3.8) is 0 Å². The maximum Gasteiger partial charge on any atom is 0.119 e. The number of hydrogen-bond donors (Lipinski definition) is 1. The summed E-state index contributed by atoms with van der Waals surface area (Å²) >= 11 is 0. The maximum atomic E-state index is 10.1. The second-order valence-electron chi connectivity index (χ2n) is 5.28. The molecule has 0 spiro atoms. The molecule has 0 unspecified atom stereocenters. The smallest absolute Gasteiger partial charge is 0.119 e. The van der Waals surface area contributed by atoms with E-state index in [1.807, 2.05) is 0 Å². The largest absolute Gasteiger partial charge is 0.396 e. The summed E-state index contributed by atoms with van der Waals surface area (Å²) in [6.45, 7) is 0.354. The van der Waals surface area contributed by atoms with Gasteiger partial charge in [0.15, 0.2) is 0 Å². The van der Waals surface area contributed by atoms with E-state index in [-0.39, 0.29) is 21.1 Å². The Morgan fingerprint density at radius 2 is 0.895 bits per heavy atom. The van der Waals surface area contributed by atoms with E-state index in [4.69, 9.17) is 5.11 Å². The van der Waals surface area contributed by atoms with Crippen molar-refractivity contribution in [3.05, 3.63) is 0 Å². The van der Waals surface area contributed by atoms with Crippen molar-refractivity contribution < 1.29 is 31.0 Å². The van der Waals surface area contributed by atoms with Gasteiger partial charge in [0.05, 0.1) is 0 Å². The monoisotopic (exact) mass is 451 g/mol. The molecule has 0 aromatic carbocycles. The predicted molar refractivity (Wildman–Crippen MR) is 77.8 cm³/mol. The molecular weight excluding hydrogens is 419 g/mol. The normalized spacial score (nSPS) is 10.2. The van der Waals surface area contributed by atoms with Crippen molar-refractivity contribution in [3.8, 4) is 0 Å². The first-order valence-corrected chi connectivity index (χ1v) is 7.96. The molecule has 0 heterocycles. The van der Waals surface area contributed by atoms with Crippen LogP contribution in [0.2, 0.25) is 0 Å². The molecule has 2 nitrogen and oxygen atoms in total. The molecule has 0 aliphatic rings. The van der Waals surface area contributed by atoms with Crippen LogP contribution >= 0.6 is 0 Å². The van der Waals surface area contributed by atoms with E-state index in [9.17, 15) is 4.79 Å². The summed E-state index contributed by atoms with van der Waals surface area (Å²) in [6.07, 6.45) is 18.4. The summed E-state index contributed by atoms with van der Waals surface area (Å²) in [4.78, 5) is 10.1. The summed E-state index contributed by atoms with van der Waals surface area (Å²) in [5.41, 5.74) is 0. The van der Waals surface area contributed by atoms with Crippen LogP contribution in [0.5, 0.6) is 0 Å². The molecule has 0 radical (unpaired) electrons. The van der Waals surface area contributed by atoms with Gasteiger partial charge >= 0.3 is 0 Å². The molecule has 0 aromatic heterocycles. The molecule has 0 bridgehead atoms. The molecule has 0 fully saturated rings. The fraction of sp³-hybridized carbons (Fsp3) is 0.938. The number of carbonyl (C=O) groups excluding carboxylic acids is 1. The molecular formula is C16H32O2Pt. The van der Waals surface area contributed by atoms with Crippen LogP contribution in [0.15, 0.2) is 0 Å². The summed E-state index contributed by atoms with van der Waals surface area (Å²) in [5.74, 6) is 0. The van der Waals surface area contributed by atoms with Gasteiger partial charge in [-0.15, -0.1) is 0 Å². The molecule has 0 aliphatic heterocycles. The summed E-state index contributed by atoms with van der Waals surface area (Å²) in [5, 5.41) is 8.64. The van der Waals surface area contributed by atoms with E-state index in [1.165, 1.54) is 70.6 Å². The number of rotatable bonds is 15. The van der Waals surface area contributed by atoms with Gasteiger partial charge in [-0.25, -0.2) is 0 Å². The van der Waals surface area contributed by atoms with E-state index >= 15 is 0 Å². The number of carbonyl (C=O) groups is 1. The fourth-order valence-corrected chi connectivity index (χ4v) is 2.28. The van der Waals surface area contributed by atoms with E-state index < -0.39 is 0 Å². The molecule has 0 saturated heterocycles. The average molecular weight is 452 g/mol. The average Bonchev–Trinajstić information content (AvgIpc) is 2.39. The first kappa shape index (κ1) is 21.6. The number of aliphatic hydroxyl groups excluding tert-OH is 1. The first-order valence-electron chi connectivity index (χ1n) is 7.96. The number of hydrogen-bond acceptors (Lipinski definition) is 2. The standard InChI is InChI=1S/C16H32O2.Pt/c17-15-13-11-9-7-5-3-1-2-4-6-8-10-12-14-16-18;/h15,18H,1-14,16H2;. The quantitative estimate of drug-likeness (QED) is 0.291. The zero-order chi connectivity index (χ0) is 13.3. The van der Waals surface area contributed by atoms with Crippen LogP contribution in [0.3, 0.4) is 0 Å². The number of aliphatic hydroxyl groups is 1. The van der Waals surface area contributed by atoms with Crippen molar-refractivity contribution >= 4 is 6.29 Å². The topological polar surface area (TPSA) is 37.3 Å². The zero-order valence-electron chi connectivity index (χ0n) is 12.4. The van der Waals surface area contributed by atoms with Gasteiger partial charge in [-0.1, -0.05) is 70.6 Å². The molecule has 3 heteroatoms. The van der Waals surface area contributed by atoms with Gasteiger partial charge in [0, 0.05) is 34.1 Å². The van der Waals surface area contributed by atoms with Crippen molar-refractivity contribution in [1.29, 1.82) is 0 Å². The molecule has 118 valence electrons. The van der Waals surface area contributed by atoms with Gasteiger partial charge in [-0.2, -0.15) is 0 Å². The Kier molecular flexibility index (Phi) is 23.5. The number of aldehydes is 1. The van der Waals surface area contributed by atoms with Crippen LogP contribution in [0.25, 0.3) is 0 Å². The summed E-state index contributed by atoms with van der Waals surface area (Å²) in [6, 6.07) is 0. The Morgan fingerprint density at radius 1 is 0.579 bits per heavy atom. The molecule has 19 heavy (non-hydrogen) atoms. The van der Waals surface area contributed by atoms with Crippen LogP contribution in [0.4, 0.5) is 0 Å². The van der Waals surface area contributed by atoms with Gasteiger partial charge in [0.25, 0.3) is 0 Å². The van der Waals surface area contributed by atoms with Gasteiger partial charge in [-0.3, -0.25) is 0 Å². The van der Waals surface area contributed by atoms with Crippen LogP contribution in [0.1, 0.15) is 89.9 Å². The second-order valence-corrected chi connectivity index (χ2v) is 5.28. The molecule has 0 rings (SSSR count). The third kappa shape index (κ3) is 20.8. The van der Waals surface area contributed by atoms with Gasteiger partial charge < -0.3 is 9.90 Å². The summed E-state index contributed by atoms with van der Waals surface area (Å²) < 4.78 is 0. The van der Waals surface area contributed by atoms with E-state index in [0.29, 0.717) is 6.61 Å². The Hall–Kier alpha value is 0.318. The first-order chi connectivity index (χ1) is 8.91. The van der Waals surface area contributed by atoms with Crippen molar-refractivity contribution in [2.24, 2.45) is 0 Å². The van der Waals surface area contributed by atoms with Crippen LogP contribution in [-0.2, 0) is 25.9 Å². The minimum Gasteiger partial charge on any atom is -0.396 e. The minimum absolute atomic E-state index is 0. The Balaban J connectivity index is 0. The zero-order valence-corrected chi connectivity index (χ0v) is 14.6. The molecule has 0 aromatic rings. The van der Waals surface area contributed by atoms with Crippen molar-refractivity contribution in [1.82, 2.24) is 0 Å².